The van der Waals surface area contributed by atoms with Gasteiger partial charge >= 0.3 is 0 Å². The maximum Gasteiger partial charge on any atom is 0.286 e. The van der Waals surface area contributed by atoms with E-state index < -0.39 is 10.0 Å². The van der Waals surface area contributed by atoms with Crippen LogP contribution in [0.1, 0.15) is 13.8 Å². The largest absolute Gasteiger partial charge is 0.378 e. The molecule has 0 saturated carbocycles. The number of hydrogen-bond donors (Lipinski definition) is 1. The molecule has 0 saturated heterocycles. The van der Waals surface area contributed by atoms with Crippen LogP contribution in [0.15, 0.2) is 27.5 Å². The van der Waals surface area contributed by atoms with Crippen molar-refractivity contribution in [3.63, 3.8) is 0 Å². The van der Waals surface area contributed by atoms with Crippen LogP contribution in [0.3, 0.4) is 0 Å². The zero-order chi connectivity index (χ0) is 14.9. The molecule has 1 aliphatic heterocycles. The lowest BCUT2D eigenvalue weighted by Gasteiger charge is -2.20. The minimum Gasteiger partial charge on any atom is -0.378 e. The van der Waals surface area contributed by atoms with E-state index >= 15 is 0 Å². The van der Waals surface area contributed by atoms with Gasteiger partial charge < -0.3 is 10.2 Å². The van der Waals surface area contributed by atoms with Crippen LogP contribution < -0.4 is 10.2 Å². The summed E-state index contributed by atoms with van der Waals surface area (Å²) in [7, 11) is 0.128. The van der Waals surface area contributed by atoms with Crippen molar-refractivity contribution >= 4 is 38.3 Å². The molecular weight excluding hydrogens is 294 g/mol. The van der Waals surface area contributed by atoms with Gasteiger partial charge in [0.25, 0.3) is 10.0 Å². The predicted molar refractivity (Wildman–Crippen MR) is 86.3 cm³/mol. The van der Waals surface area contributed by atoms with Crippen molar-refractivity contribution in [1.82, 2.24) is 0 Å². The van der Waals surface area contributed by atoms with Gasteiger partial charge in [-0.25, -0.2) is 0 Å². The fraction of sp³-hybridized carbons (Fsp3) is 0.462. The predicted octanol–water partition coefficient (Wildman–Crippen LogP) is 2.61. The van der Waals surface area contributed by atoms with Crippen molar-refractivity contribution in [3.05, 3.63) is 18.2 Å². The molecule has 0 amide bonds. The molecule has 0 fully saturated rings. The van der Waals surface area contributed by atoms with Crippen molar-refractivity contribution in [3.8, 4) is 0 Å². The first kappa shape index (κ1) is 15.2. The Balaban J connectivity index is 2.34. The van der Waals surface area contributed by atoms with Crippen molar-refractivity contribution in [2.45, 2.75) is 18.7 Å². The Labute approximate surface area is 124 Å². The van der Waals surface area contributed by atoms with E-state index in [1.165, 1.54) is 11.8 Å². The third-order valence-corrected chi connectivity index (χ3v) is 5.49. The van der Waals surface area contributed by atoms with Gasteiger partial charge in [0.1, 0.15) is 4.90 Å². The monoisotopic (exact) mass is 313 g/mol. The summed E-state index contributed by atoms with van der Waals surface area (Å²) in [6.45, 7) is 4.17. The summed E-state index contributed by atoms with van der Waals surface area (Å²) in [6.07, 6.45) is 0. The van der Waals surface area contributed by atoms with E-state index in [0.717, 1.165) is 11.4 Å². The molecule has 1 aromatic carbocycles. The molecule has 2 rings (SSSR count). The van der Waals surface area contributed by atoms with E-state index in [2.05, 4.69) is 23.6 Å². The second-order valence-corrected chi connectivity index (χ2v) is 7.86. The Hall–Kier alpha value is -1.21. The zero-order valence-electron chi connectivity index (χ0n) is 12.0. The molecular formula is C13H19N3O2S2. The number of sulfonamides is 1. The second kappa shape index (κ2) is 5.65. The Morgan fingerprint density at radius 1 is 1.35 bits per heavy atom. The van der Waals surface area contributed by atoms with Crippen molar-refractivity contribution in [2.75, 3.05) is 30.1 Å². The van der Waals surface area contributed by atoms with E-state index in [-0.39, 0.29) is 4.90 Å². The Morgan fingerprint density at radius 2 is 2.05 bits per heavy atom. The van der Waals surface area contributed by atoms with Crippen molar-refractivity contribution in [2.24, 2.45) is 10.3 Å². The highest BCUT2D eigenvalue weighted by Gasteiger charge is 2.25. The lowest BCUT2D eigenvalue weighted by molar-refractivity contribution is 0.598. The van der Waals surface area contributed by atoms with Gasteiger partial charge in [-0.2, -0.15) is 8.42 Å². The Kier molecular flexibility index (Phi) is 4.29. The summed E-state index contributed by atoms with van der Waals surface area (Å²) in [6, 6.07) is 5.31. The lowest BCUT2D eigenvalue weighted by Crippen LogP contribution is -2.20. The second-order valence-electron chi connectivity index (χ2n) is 5.28. The summed E-state index contributed by atoms with van der Waals surface area (Å²) in [4.78, 5) is 2.10. The smallest absolute Gasteiger partial charge is 0.286 e. The zero-order valence-corrected chi connectivity index (χ0v) is 13.7. The maximum atomic E-state index is 12.2. The van der Waals surface area contributed by atoms with E-state index in [1.807, 2.05) is 25.1 Å². The average molecular weight is 313 g/mol. The number of hydrogen-bond acceptors (Lipinski definition) is 5. The van der Waals surface area contributed by atoms with Crippen LogP contribution in [0.25, 0.3) is 0 Å². The van der Waals surface area contributed by atoms with Crippen LogP contribution in [-0.2, 0) is 10.0 Å². The van der Waals surface area contributed by atoms with Gasteiger partial charge in [0.15, 0.2) is 5.17 Å². The molecule has 20 heavy (non-hydrogen) atoms. The number of amidine groups is 1. The summed E-state index contributed by atoms with van der Waals surface area (Å²) in [5, 5.41) is 3.54. The van der Waals surface area contributed by atoms with Gasteiger partial charge in [-0.05, 0) is 24.1 Å². The minimum atomic E-state index is -3.62. The SMILES string of the molecule is CC(C)CSC1=NS(=O)(=O)c2cc(N(C)C)ccc2N1. The van der Waals surface area contributed by atoms with Gasteiger partial charge in [-0.1, -0.05) is 25.6 Å². The molecule has 0 radical (unpaired) electrons. The molecule has 110 valence electrons. The number of nitrogens with zero attached hydrogens (tertiary/aromatic N) is 2. The maximum absolute atomic E-state index is 12.2. The molecule has 0 aromatic heterocycles. The summed E-state index contributed by atoms with van der Waals surface area (Å²) >= 11 is 1.43. The van der Waals surface area contributed by atoms with Crippen LogP contribution in [-0.4, -0.2) is 33.4 Å². The third-order valence-electron chi connectivity index (χ3n) is 2.76. The highest BCUT2D eigenvalue weighted by Crippen LogP contribution is 2.32. The molecule has 7 heteroatoms. The van der Waals surface area contributed by atoms with Crippen LogP contribution in [0.4, 0.5) is 11.4 Å². The highest BCUT2D eigenvalue weighted by molar-refractivity contribution is 8.14. The average Bonchev–Trinajstić information content (AvgIpc) is 2.35. The quantitative estimate of drug-likeness (QED) is 0.929. The number of nitrogens with one attached hydrogen (secondary N) is 1. The van der Waals surface area contributed by atoms with E-state index in [9.17, 15) is 8.42 Å². The number of rotatable bonds is 3. The van der Waals surface area contributed by atoms with Gasteiger partial charge in [-0.3, -0.25) is 0 Å². The van der Waals surface area contributed by atoms with Crippen molar-refractivity contribution in [1.29, 1.82) is 0 Å². The highest BCUT2D eigenvalue weighted by atomic mass is 32.2. The topological polar surface area (TPSA) is 61.8 Å². The van der Waals surface area contributed by atoms with E-state index in [1.54, 1.807) is 12.1 Å². The van der Waals surface area contributed by atoms with Crippen molar-refractivity contribution < 1.29 is 8.42 Å². The summed E-state index contributed by atoms with van der Waals surface area (Å²) < 4.78 is 28.3. The lowest BCUT2D eigenvalue weighted by atomic mass is 10.2. The number of anilines is 2. The molecule has 0 bridgehead atoms. The van der Waals surface area contributed by atoms with Gasteiger partial charge in [0, 0.05) is 25.5 Å². The molecule has 1 aliphatic rings. The van der Waals surface area contributed by atoms with Gasteiger partial charge in [0.2, 0.25) is 0 Å². The minimum absolute atomic E-state index is 0.234. The van der Waals surface area contributed by atoms with Gasteiger partial charge in [-0.15, -0.1) is 4.40 Å². The van der Waals surface area contributed by atoms with Gasteiger partial charge in [0.05, 0.1) is 5.69 Å². The van der Waals surface area contributed by atoms with E-state index in [4.69, 9.17) is 0 Å². The first-order valence-electron chi connectivity index (χ1n) is 6.36. The molecule has 0 atom stereocenters. The molecule has 5 nitrogen and oxygen atoms in total. The first-order valence-corrected chi connectivity index (χ1v) is 8.78. The van der Waals surface area contributed by atoms with Crippen LogP contribution in [0, 0.1) is 5.92 Å². The Morgan fingerprint density at radius 3 is 2.65 bits per heavy atom. The molecule has 1 aromatic rings. The van der Waals surface area contributed by atoms with Crippen LogP contribution >= 0.6 is 11.8 Å². The Bertz CT molecular complexity index is 637. The fourth-order valence-electron chi connectivity index (χ4n) is 1.71. The number of thioether (sulfide) groups is 1. The molecule has 1 heterocycles. The molecule has 1 N–H and O–H groups in total. The standard InChI is InChI=1S/C13H19N3O2S2/c1-9(2)8-19-13-14-11-6-5-10(16(3)4)7-12(11)20(17,18)15-13/h5-7,9H,8H2,1-4H3,(H,14,15). The third kappa shape index (κ3) is 3.27. The molecule has 0 spiro atoms. The normalized spacial score (nSPS) is 16.4. The van der Waals surface area contributed by atoms with Crippen LogP contribution in [0.2, 0.25) is 0 Å². The van der Waals surface area contributed by atoms with E-state index in [0.29, 0.717) is 16.8 Å². The fourth-order valence-corrected chi connectivity index (χ4v) is 3.92. The number of benzene rings is 1. The number of fused-ring (bicyclic) bond motifs is 1. The van der Waals surface area contributed by atoms with Crippen LogP contribution in [0.5, 0.6) is 0 Å². The summed E-state index contributed by atoms with van der Waals surface area (Å²) in [5.74, 6) is 1.30. The molecule has 0 aliphatic carbocycles. The molecule has 0 unspecified atom stereocenters. The summed E-state index contributed by atoms with van der Waals surface area (Å²) in [5.41, 5.74) is 1.43. The first-order chi connectivity index (χ1) is 9.29.